The molecule has 1 aromatic rings. The second kappa shape index (κ2) is 8.14. The van der Waals surface area contributed by atoms with Gasteiger partial charge in [-0.2, -0.15) is 0 Å². The van der Waals surface area contributed by atoms with Crippen molar-refractivity contribution in [2.24, 2.45) is 0 Å². The summed E-state index contributed by atoms with van der Waals surface area (Å²) in [4.78, 5) is 6.51. The van der Waals surface area contributed by atoms with E-state index in [0.717, 1.165) is 18.9 Å². The standard InChI is InChI=1S/C17H30N2S/c1-4-9-15-16(12-18-13(2)3)20-17(19-15)14-10-7-5-6-8-11-14/h13-14,18H,4-12H2,1-3H3. The molecule has 1 heterocycles. The number of thiazole rings is 1. The molecule has 0 atom stereocenters. The van der Waals surface area contributed by atoms with Crippen molar-refractivity contribution in [2.45, 2.75) is 90.6 Å². The minimum Gasteiger partial charge on any atom is -0.310 e. The Morgan fingerprint density at radius 1 is 1.20 bits per heavy atom. The van der Waals surface area contributed by atoms with E-state index in [2.05, 4.69) is 26.1 Å². The van der Waals surface area contributed by atoms with Crippen molar-refractivity contribution in [1.29, 1.82) is 0 Å². The van der Waals surface area contributed by atoms with Crippen LogP contribution in [-0.2, 0) is 13.0 Å². The molecular weight excluding hydrogens is 264 g/mol. The smallest absolute Gasteiger partial charge is 0.0962 e. The predicted molar refractivity (Wildman–Crippen MR) is 88.5 cm³/mol. The first-order valence-corrected chi connectivity index (χ1v) is 9.24. The fourth-order valence-corrected chi connectivity index (χ4v) is 4.20. The lowest BCUT2D eigenvalue weighted by molar-refractivity contribution is 0.584. The van der Waals surface area contributed by atoms with Crippen LogP contribution in [0.5, 0.6) is 0 Å². The van der Waals surface area contributed by atoms with Crippen LogP contribution < -0.4 is 5.32 Å². The van der Waals surface area contributed by atoms with E-state index >= 15 is 0 Å². The van der Waals surface area contributed by atoms with Gasteiger partial charge in [0.1, 0.15) is 0 Å². The van der Waals surface area contributed by atoms with Crippen molar-refractivity contribution in [1.82, 2.24) is 10.3 Å². The minimum absolute atomic E-state index is 0.549. The Morgan fingerprint density at radius 2 is 1.90 bits per heavy atom. The molecule has 2 nitrogen and oxygen atoms in total. The lowest BCUT2D eigenvalue weighted by atomic mass is 10.0. The van der Waals surface area contributed by atoms with Crippen LogP contribution in [0.25, 0.3) is 0 Å². The Balaban J connectivity index is 2.09. The average Bonchev–Trinajstić information content (AvgIpc) is 2.64. The maximum absolute atomic E-state index is 5.02. The maximum atomic E-state index is 5.02. The van der Waals surface area contributed by atoms with Crippen LogP contribution in [0.15, 0.2) is 0 Å². The molecule has 3 heteroatoms. The molecule has 1 saturated carbocycles. The van der Waals surface area contributed by atoms with E-state index in [-0.39, 0.29) is 0 Å². The van der Waals surface area contributed by atoms with Gasteiger partial charge in [-0.3, -0.25) is 0 Å². The Kier molecular flexibility index (Phi) is 6.50. The zero-order valence-electron chi connectivity index (χ0n) is 13.4. The SMILES string of the molecule is CCCc1nc(C2CCCCCC2)sc1CNC(C)C. The van der Waals surface area contributed by atoms with E-state index in [1.165, 1.54) is 60.5 Å². The number of nitrogens with one attached hydrogen (secondary N) is 1. The van der Waals surface area contributed by atoms with Crippen LogP contribution in [0.2, 0.25) is 0 Å². The summed E-state index contributed by atoms with van der Waals surface area (Å²) < 4.78 is 0. The lowest BCUT2D eigenvalue weighted by Crippen LogP contribution is -2.21. The number of hydrogen-bond acceptors (Lipinski definition) is 3. The molecule has 1 fully saturated rings. The number of nitrogens with zero attached hydrogens (tertiary/aromatic N) is 1. The molecule has 0 spiro atoms. The fourth-order valence-electron chi connectivity index (χ4n) is 2.97. The van der Waals surface area contributed by atoms with Gasteiger partial charge in [-0.15, -0.1) is 11.3 Å². The van der Waals surface area contributed by atoms with Crippen LogP contribution in [0.4, 0.5) is 0 Å². The molecule has 0 aromatic carbocycles. The topological polar surface area (TPSA) is 24.9 Å². The van der Waals surface area contributed by atoms with Gasteiger partial charge in [0.2, 0.25) is 0 Å². The van der Waals surface area contributed by atoms with Crippen molar-refractivity contribution in [3.05, 3.63) is 15.6 Å². The summed E-state index contributed by atoms with van der Waals surface area (Å²) in [6.07, 6.45) is 10.7. The zero-order chi connectivity index (χ0) is 14.4. The third-order valence-electron chi connectivity index (χ3n) is 4.16. The van der Waals surface area contributed by atoms with Crippen LogP contribution >= 0.6 is 11.3 Å². The highest BCUT2D eigenvalue weighted by atomic mass is 32.1. The van der Waals surface area contributed by atoms with Crippen molar-refractivity contribution in [3.8, 4) is 0 Å². The Morgan fingerprint density at radius 3 is 2.50 bits per heavy atom. The van der Waals surface area contributed by atoms with Gasteiger partial charge in [0.15, 0.2) is 0 Å². The molecule has 114 valence electrons. The van der Waals surface area contributed by atoms with Crippen LogP contribution in [0, 0.1) is 0 Å². The first kappa shape index (κ1) is 16.0. The normalized spacial score (nSPS) is 17.6. The monoisotopic (exact) mass is 294 g/mol. The third-order valence-corrected chi connectivity index (χ3v) is 5.42. The van der Waals surface area contributed by atoms with Crippen LogP contribution in [-0.4, -0.2) is 11.0 Å². The third kappa shape index (κ3) is 4.56. The summed E-state index contributed by atoms with van der Waals surface area (Å²) in [5.41, 5.74) is 1.37. The number of rotatable bonds is 6. The summed E-state index contributed by atoms with van der Waals surface area (Å²) in [5.74, 6) is 0.742. The highest BCUT2D eigenvalue weighted by Crippen LogP contribution is 2.35. The quantitative estimate of drug-likeness (QED) is 0.744. The molecule has 1 aliphatic rings. The van der Waals surface area contributed by atoms with E-state index in [9.17, 15) is 0 Å². The van der Waals surface area contributed by atoms with Gasteiger partial charge in [0.25, 0.3) is 0 Å². The second-order valence-electron chi connectivity index (χ2n) is 6.40. The summed E-state index contributed by atoms with van der Waals surface area (Å²) in [7, 11) is 0. The molecule has 0 aliphatic heterocycles. The number of aryl methyl sites for hydroxylation is 1. The van der Waals surface area contributed by atoms with Crippen molar-refractivity contribution >= 4 is 11.3 Å². The van der Waals surface area contributed by atoms with Gasteiger partial charge < -0.3 is 5.32 Å². The fraction of sp³-hybridized carbons (Fsp3) is 0.824. The van der Waals surface area contributed by atoms with Gasteiger partial charge in [-0.1, -0.05) is 52.9 Å². The van der Waals surface area contributed by atoms with Gasteiger partial charge in [-0.05, 0) is 19.3 Å². The van der Waals surface area contributed by atoms with Gasteiger partial charge in [0, 0.05) is 23.4 Å². The Hall–Kier alpha value is -0.410. The highest BCUT2D eigenvalue weighted by Gasteiger charge is 2.20. The molecule has 1 aromatic heterocycles. The summed E-state index contributed by atoms with van der Waals surface area (Å²) in [6.45, 7) is 7.68. The molecule has 0 radical (unpaired) electrons. The summed E-state index contributed by atoms with van der Waals surface area (Å²) in [6, 6.07) is 0.549. The number of hydrogen-bond donors (Lipinski definition) is 1. The van der Waals surface area contributed by atoms with E-state index in [1.807, 2.05) is 11.3 Å². The minimum atomic E-state index is 0.549. The van der Waals surface area contributed by atoms with E-state index in [1.54, 1.807) is 0 Å². The molecule has 2 rings (SSSR count). The zero-order valence-corrected chi connectivity index (χ0v) is 14.2. The van der Waals surface area contributed by atoms with E-state index in [0.29, 0.717) is 6.04 Å². The maximum Gasteiger partial charge on any atom is 0.0962 e. The summed E-state index contributed by atoms with van der Waals surface area (Å²) >= 11 is 1.98. The first-order chi connectivity index (χ1) is 9.70. The van der Waals surface area contributed by atoms with Crippen molar-refractivity contribution in [2.75, 3.05) is 0 Å². The molecule has 0 saturated heterocycles. The Labute approximate surface area is 128 Å². The largest absolute Gasteiger partial charge is 0.310 e. The first-order valence-electron chi connectivity index (χ1n) is 8.42. The highest BCUT2D eigenvalue weighted by molar-refractivity contribution is 7.11. The molecule has 0 unspecified atom stereocenters. The molecule has 20 heavy (non-hydrogen) atoms. The van der Waals surface area contributed by atoms with Crippen molar-refractivity contribution < 1.29 is 0 Å². The predicted octanol–water partition coefficient (Wildman–Crippen LogP) is 5.03. The lowest BCUT2D eigenvalue weighted by Gasteiger charge is -2.09. The van der Waals surface area contributed by atoms with Crippen molar-refractivity contribution in [3.63, 3.8) is 0 Å². The summed E-state index contributed by atoms with van der Waals surface area (Å²) in [5, 5.41) is 4.99. The Bertz CT molecular complexity index is 390. The van der Waals surface area contributed by atoms with E-state index < -0.39 is 0 Å². The molecule has 1 aliphatic carbocycles. The molecule has 0 bridgehead atoms. The number of aromatic nitrogens is 1. The van der Waals surface area contributed by atoms with Gasteiger partial charge in [-0.25, -0.2) is 4.98 Å². The molecule has 1 N–H and O–H groups in total. The van der Waals surface area contributed by atoms with Crippen LogP contribution in [0.3, 0.4) is 0 Å². The van der Waals surface area contributed by atoms with Gasteiger partial charge >= 0.3 is 0 Å². The van der Waals surface area contributed by atoms with Crippen LogP contribution in [0.1, 0.15) is 87.2 Å². The van der Waals surface area contributed by atoms with Gasteiger partial charge in [0.05, 0.1) is 10.7 Å². The molecular formula is C17H30N2S. The molecule has 0 amide bonds. The second-order valence-corrected chi connectivity index (χ2v) is 7.51. The van der Waals surface area contributed by atoms with E-state index in [4.69, 9.17) is 4.98 Å². The average molecular weight is 295 g/mol.